The summed E-state index contributed by atoms with van der Waals surface area (Å²) in [4.78, 5) is 8.89. The summed E-state index contributed by atoms with van der Waals surface area (Å²) in [6.45, 7) is 13.3. The zero-order valence-corrected chi connectivity index (χ0v) is 50.1. The standard InChI is InChI=1S/C81H62BN5O2/c1-80(2,3)55-46-56(81(4,5)6)48-64(47-55)87-70-50-63(85(59-25-15-9-16-26-59)61-34-31-52(51-83)32-35-61)37-39-68(70)82-67-38-36-62(84(57-21-11-7-12-22-57)58-23-13-8-14-24-58)49-69(67)86(60-27-17-10-18-28-60)71-44-54(45-72(87)79(71)82)53-33-40-74-66(43-53)78-76(89-74)42-41-75-77(78)65-29-19-20-30-73(65)88-75/h7-50H,1-6H3/i7D,11D,12D,21D,22D. The first-order valence-corrected chi connectivity index (χ1v) is 30.2. The molecule has 0 N–H and O–H groups in total. The summed E-state index contributed by atoms with van der Waals surface area (Å²) in [5, 5.41) is 14.0. The number of para-hydroxylation sites is 5. The van der Waals surface area contributed by atoms with Crippen LogP contribution in [0, 0.1) is 11.3 Å². The van der Waals surface area contributed by atoms with Crippen LogP contribution in [0.3, 0.4) is 0 Å². The predicted molar refractivity (Wildman–Crippen MR) is 372 cm³/mol. The number of nitriles is 1. The molecule has 2 aliphatic rings. The SMILES string of the molecule is [2H]c1c([2H])c([2H])c(N(c2ccccc2)c2ccc3c(c2)N(c2ccccc2)c2cc(-c4ccc5oc6ccc7oc8ccccc8c7c6c5c4)cc4c2B3c2ccc(N(c3ccccc3)c3ccc(C#N)cc3)cc2N4c2cc(C(C)(C)C)cc(C(C)(C)C)c2)c([2H])c1[2H]. The number of rotatable bonds is 9. The molecular weight excluding hydrogens is 1090 g/mol. The van der Waals surface area contributed by atoms with Crippen LogP contribution in [-0.4, -0.2) is 6.71 Å². The van der Waals surface area contributed by atoms with E-state index >= 15 is 0 Å². The van der Waals surface area contributed by atoms with Gasteiger partial charge >= 0.3 is 0 Å². The van der Waals surface area contributed by atoms with Crippen LogP contribution in [-0.2, 0) is 10.8 Å². The molecule has 0 radical (unpaired) electrons. The second-order valence-electron chi connectivity index (χ2n) is 25.3. The van der Waals surface area contributed by atoms with Gasteiger partial charge in [0.05, 0.1) is 18.5 Å². The fraction of sp³-hybridized carbons (Fsp3) is 0.0988. The van der Waals surface area contributed by atoms with E-state index in [0.717, 1.165) is 123 Å². The maximum absolute atomic E-state index is 10.0. The monoisotopic (exact) mass is 1150 g/mol. The zero-order chi connectivity index (χ0) is 64.6. The molecule has 426 valence electrons. The molecule has 8 heteroatoms. The van der Waals surface area contributed by atoms with Crippen LogP contribution < -0.4 is 36.0 Å². The third kappa shape index (κ3) is 8.95. The van der Waals surface area contributed by atoms with Gasteiger partial charge in [0.2, 0.25) is 0 Å². The van der Waals surface area contributed by atoms with E-state index in [1.807, 2.05) is 115 Å². The molecule has 0 amide bonds. The molecule has 0 saturated heterocycles. The van der Waals surface area contributed by atoms with Gasteiger partial charge in [-0.2, -0.15) is 5.26 Å². The number of benzene rings is 12. The molecule has 14 aromatic rings. The largest absolute Gasteiger partial charge is 0.456 e. The molecule has 16 rings (SSSR count). The van der Waals surface area contributed by atoms with Crippen LogP contribution >= 0.6 is 0 Å². The number of anilines is 12. The van der Waals surface area contributed by atoms with Crippen molar-refractivity contribution < 1.29 is 15.7 Å². The minimum absolute atomic E-state index is 0.0376. The van der Waals surface area contributed by atoms with Gasteiger partial charge in [-0.05, 0) is 201 Å². The van der Waals surface area contributed by atoms with Crippen molar-refractivity contribution in [2.75, 3.05) is 19.6 Å². The molecule has 7 nitrogen and oxygen atoms in total. The second kappa shape index (κ2) is 20.6. The summed E-state index contributed by atoms with van der Waals surface area (Å²) in [6, 6.07) is 82.1. The lowest BCUT2D eigenvalue weighted by atomic mass is 9.33. The molecule has 2 aliphatic heterocycles. The van der Waals surface area contributed by atoms with Gasteiger partial charge < -0.3 is 28.4 Å². The van der Waals surface area contributed by atoms with Crippen molar-refractivity contribution in [1.29, 1.82) is 5.26 Å². The van der Waals surface area contributed by atoms with Gasteiger partial charge in [-0.25, -0.2) is 0 Å². The third-order valence-corrected chi connectivity index (χ3v) is 17.8. The Hall–Kier alpha value is -11.0. The highest BCUT2D eigenvalue weighted by Gasteiger charge is 2.45. The van der Waals surface area contributed by atoms with Crippen molar-refractivity contribution in [3.05, 3.63) is 283 Å². The first-order chi connectivity index (χ1) is 45.4. The van der Waals surface area contributed by atoms with Crippen LogP contribution in [0.1, 0.15) is 65.1 Å². The highest BCUT2D eigenvalue weighted by atomic mass is 16.3. The van der Waals surface area contributed by atoms with Crippen molar-refractivity contribution in [3.8, 4) is 17.2 Å². The summed E-state index contributed by atoms with van der Waals surface area (Å²) in [7, 11) is 0. The molecular formula is C81H62BN5O2. The van der Waals surface area contributed by atoms with Crippen LogP contribution in [0.5, 0.6) is 0 Å². The Morgan fingerprint density at radius 2 is 0.888 bits per heavy atom. The number of hydrogen-bond acceptors (Lipinski definition) is 7. The molecule has 4 heterocycles. The molecule has 12 aromatic carbocycles. The van der Waals surface area contributed by atoms with Crippen molar-refractivity contribution in [1.82, 2.24) is 0 Å². The molecule has 0 bridgehead atoms. The number of fused-ring (bicyclic) bond motifs is 11. The average Bonchev–Trinajstić information content (AvgIpc) is 0.812. The topological polar surface area (TPSA) is 63.0 Å². The Kier molecular flexibility index (Phi) is 11.1. The van der Waals surface area contributed by atoms with E-state index in [2.05, 4.69) is 184 Å². The summed E-state index contributed by atoms with van der Waals surface area (Å²) in [5.74, 6) is 0. The lowest BCUT2D eigenvalue weighted by Gasteiger charge is -2.45. The number of nitrogens with zero attached hydrogens (tertiary/aromatic N) is 5. The number of furan rings is 2. The highest BCUT2D eigenvalue weighted by Crippen LogP contribution is 2.51. The highest BCUT2D eigenvalue weighted by molar-refractivity contribution is 7.00. The Bertz CT molecular complexity index is 5400. The smallest absolute Gasteiger partial charge is 0.252 e. The molecule has 89 heavy (non-hydrogen) atoms. The van der Waals surface area contributed by atoms with E-state index in [4.69, 9.17) is 12.9 Å². The Morgan fingerprint density at radius 3 is 1.46 bits per heavy atom. The van der Waals surface area contributed by atoms with E-state index in [1.165, 1.54) is 11.1 Å². The summed E-state index contributed by atoms with van der Waals surface area (Å²) < 4.78 is 58.7. The lowest BCUT2D eigenvalue weighted by molar-refractivity contribution is 0.569. The van der Waals surface area contributed by atoms with Gasteiger partial charge in [-0.1, -0.05) is 157 Å². The van der Waals surface area contributed by atoms with Gasteiger partial charge in [-0.3, -0.25) is 0 Å². The Labute approximate surface area is 526 Å². The van der Waals surface area contributed by atoms with Crippen LogP contribution in [0.15, 0.2) is 276 Å². The Balaban J connectivity index is 1.03. The molecule has 0 spiro atoms. The predicted octanol–water partition coefficient (Wildman–Crippen LogP) is 20.6. The van der Waals surface area contributed by atoms with E-state index in [0.29, 0.717) is 16.9 Å². The van der Waals surface area contributed by atoms with E-state index in [9.17, 15) is 8.00 Å². The van der Waals surface area contributed by atoms with Gasteiger partial charge in [-0.15, -0.1) is 0 Å². The van der Waals surface area contributed by atoms with Gasteiger partial charge in [0.25, 0.3) is 6.71 Å². The average molecular weight is 1150 g/mol. The van der Waals surface area contributed by atoms with Crippen molar-refractivity contribution in [2.24, 2.45) is 0 Å². The van der Waals surface area contributed by atoms with Gasteiger partial charge in [0.1, 0.15) is 22.3 Å². The van der Waals surface area contributed by atoms with Crippen LogP contribution in [0.2, 0.25) is 0 Å². The second-order valence-corrected chi connectivity index (χ2v) is 25.3. The summed E-state index contributed by atoms with van der Waals surface area (Å²) in [6.07, 6.45) is 0. The molecule has 0 saturated carbocycles. The molecule has 0 fully saturated rings. The number of hydrogen-bond donors (Lipinski definition) is 0. The Morgan fingerprint density at radius 1 is 0.404 bits per heavy atom. The van der Waals surface area contributed by atoms with Crippen molar-refractivity contribution in [3.63, 3.8) is 0 Å². The fourth-order valence-corrected chi connectivity index (χ4v) is 13.5. The third-order valence-electron chi connectivity index (χ3n) is 17.8. The van der Waals surface area contributed by atoms with Gasteiger partial charge in [0, 0.05) is 89.8 Å². The minimum atomic E-state index is -0.462. The summed E-state index contributed by atoms with van der Waals surface area (Å²) in [5.41, 5.74) is 20.3. The quantitative estimate of drug-likeness (QED) is 0.133. The lowest BCUT2D eigenvalue weighted by Crippen LogP contribution is -2.61. The van der Waals surface area contributed by atoms with Gasteiger partial charge in [0.15, 0.2) is 0 Å². The van der Waals surface area contributed by atoms with Crippen molar-refractivity contribution in [2.45, 2.75) is 52.4 Å². The summed E-state index contributed by atoms with van der Waals surface area (Å²) >= 11 is 0. The maximum Gasteiger partial charge on any atom is 0.252 e. The molecule has 2 aromatic heterocycles. The molecule has 0 atom stereocenters. The van der Waals surface area contributed by atoms with Crippen LogP contribution in [0.25, 0.3) is 55.0 Å². The van der Waals surface area contributed by atoms with E-state index < -0.39 is 18.1 Å². The van der Waals surface area contributed by atoms with Crippen LogP contribution in [0.4, 0.5) is 68.2 Å². The van der Waals surface area contributed by atoms with Crippen molar-refractivity contribution >= 4 is 135 Å². The first kappa shape index (κ1) is 48.1. The van der Waals surface area contributed by atoms with E-state index in [-0.39, 0.29) is 35.3 Å². The normalized spacial score (nSPS) is 13.5. The minimum Gasteiger partial charge on any atom is -0.456 e. The molecule has 0 unspecified atom stereocenters. The fourth-order valence-electron chi connectivity index (χ4n) is 13.5. The molecule has 0 aliphatic carbocycles. The van der Waals surface area contributed by atoms with E-state index in [1.54, 1.807) is 4.90 Å². The first-order valence-electron chi connectivity index (χ1n) is 32.7. The maximum atomic E-state index is 10.0. The zero-order valence-electron chi connectivity index (χ0n) is 55.1.